The van der Waals surface area contributed by atoms with Gasteiger partial charge >= 0.3 is 5.97 Å². The molecule has 2 N–H and O–H groups in total. The highest BCUT2D eigenvalue weighted by molar-refractivity contribution is 5.84. The minimum atomic E-state index is -0.774. The summed E-state index contributed by atoms with van der Waals surface area (Å²) in [6, 6.07) is 0. The molecule has 0 aromatic heterocycles. The SMILES string of the molecule is CCC(C)(OC)C(=O)NCCC(C)CCC(=O)O. The number of hydrogen-bond acceptors (Lipinski definition) is 3. The number of rotatable bonds is 9. The molecule has 0 spiro atoms. The molecule has 0 fully saturated rings. The molecule has 0 saturated heterocycles. The minimum absolute atomic E-state index is 0.113. The summed E-state index contributed by atoms with van der Waals surface area (Å²) < 4.78 is 5.20. The Balaban J connectivity index is 3.90. The number of methoxy groups -OCH3 is 1. The van der Waals surface area contributed by atoms with E-state index in [9.17, 15) is 9.59 Å². The molecule has 0 rings (SSSR count). The maximum atomic E-state index is 11.8. The van der Waals surface area contributed by atoms with Crippen LogP contribution in [-0.2, 0) is 14.3 Å². The van der Waals surface area contributed by atoms with E-state index in [2.05, 4.69) is 5.32 Å². The molecule has 0 heterocycles. The van der Waals surface area contributed by atoms with Gasteiger partial charge in [-0.1, -0.05) is 13.8 Å². The highest BCUT2D eigenvalue weighted by Crippen LogP contribution is 2.14. The molecular formula is C13H25NO4. The third-order valence-corrected chi connectivity index (χ3v) is 3.38. The van der Waals surface area contributed by atoms with E-state index in [1.54, 1.807) is 6.92 Å². The van der Waals surface area contributed by atoms with E-state index in [-0.39, 0.29) is 18.2 Å². The standard InChI is InChI=1S/C13H25NO4/c1-5-13(3,18-4)12(17)14-9-8-10(2)6-7-11(15)16/h10H,5-9H2,1-4H3,(H,14,17)(H,15,16). The first kappa shape index (κ1) is 16.9. The highest BCUT2D eigenvalue weighted by atomic mass is 16.5. The number of ether oxygens (including phenoxy) is 1. The van der Waals surface area contributed by atoms with Gasteiger partial charge in [-0.15, -0.1) is 0 Å². The molecule has 2 atom stereocenters. The normalized spacial score (nSPS) is 15.8. The van der Waals surface area contributed by atoms with Crippen molar-refractivity contribution in [2.45, 2.75) is 52.1 Å². The third kappa shape index (κ3) is 6.00. The van der Waals surface area contributed by atoms with Crippen molar-refractivity contribution in [3.05, 3.63) is 0 Å². The Kier molecular flexibility index (Phi) is 7.59. The molecule has 0 aliphatic carbocycles. The number of carboxylic acid groups (broad SMARTS) is 1. The first-order valence-corrected chi connectivity index (χ1v) is 6.41. The summed E-state index contributed by atoms with van der Waals surface area (Å²) in [5.74, 6) is -0.599. The van der Waals surface area contributed by atoms with E-state index >= 15 is 0 Å². The monoisotopic (exact) mass is 259 g/mol. The Bertz CT molecular complexity index is 274. The molecule has 0 bridgehead atoms. The van der Waals surface area contributed by atoms with Gasteiger partial charge in [-0.25, -0.2) is 0 Å². The van der Waals surface area contributed by atoms with Crippen LogP contribution < -0.4 is 5.32 Å². The lowest BCUT2D eigenvalue weighted by Gasteiger charge is -2.25. The second-order valence-electron chi connectivity index (χ2n) is 4.87. The molecule has 5 heteroatoms. The van der Waals surface area contributed by atoms with E-state index in [1.165, 1.54) is 7.11 Å². The molecule has 0 aromatic carbocycles. The third-order valence-electron chi connectivity index (χ3n) is 3.38. The zero-order valence-corrected chi connectivity index (χ0v) is 11.8. The van der Waals surface area contributed by atoms with E-state index < -0.39 is 11.6 Å². The first-order valence-electron chi connectivity index (χ1n) is 6.41. The number of hydrogen-bond donors (Lipinski definition) is 2. The van der Waals surface area contributed by atoms with Crippen LogP contribution in [0.4, 0.5) is 0 Å². The molecular weight excluding hydrogens is 234 g/mol. The van der Waals surface area contributed by atoms with Gasteiger partial charge in [-0.05, 0) is 32.1 Å². The van der Waals surface area contributed by atoms with E-state index in [1.807, 2.05) is 13.8 Å². The summed E-state index contributed by atoms with van der Waals surface area (Å²) >= 11 is 0. The van der Waals surface area contributed by atoms with Crippen LogP contribution in [0.15, 0.2) is 0 Å². The van der Waals surface area contributed by atoms with Gasteiger partial charge in [0.25, 0.3) is 5.91 Å². The largest absolute Gasteiger partial charge is 0.481 e. The van der Waals surface area contributed by atoms with Gasteiger partial charge in [0.1, 0.15) is 5.60 Å². The Morgan fingerprint density at radius 3 is 2.44 bits per heavy atom. The fourth-order valence-electron chi connectivity index (χ4n) is 1.53. The predicted molar refractivity (Wildman–Crippen MR) is 69.4 cm³/mol. The molecule has 0 aliphatic rings. The van der Waals surface area contributed by atoms with Crippen LogP contribution in [0.5, 0.6) is 0 Å². The molecule has 106 valence electrons. The Labute approximate surface area is 109 Å². The van der Waals surface area contributed by atoms with Crippen molar-refractivity contribution in [2.24, 2.45) is 5.92 Å². The number of carboxylic acids is 1. The number of aliphatic carboxylic acids is 1. The first-order chi connectivity index (χ1) is 8.35. The van der Waals surface area contributed by atoms with Crippen LogP contribution in [0.2, 0.25) is 0 Å². The van der Waals surface area contributed by atoms with Gasteiger partial charge in [-0.2, -0.15) is 0 Å². The summed E-state index contributed by atoms with van der Waals surface area (Å²) in [6.07, 6.45) is 2.22. The zero-order valence-electron chi connectivity index (χ0n) is 11.8. The van der Waals surface area contributed by atoms with Crippen LogP contribution in [0, 0.1) is 5.92 Å². The van der Waals surface area contributed by atoms with E-state index in [4.69, 9.17) is 9.84 Å². The van der Waals surface area contributed by atoms with Crippen LogP contribution in [0.1, 0.15) is 46.5 Å². The van der Waals surface area contributed by atoms with Crippen molar-refractivity contribution in [3.63, 3.8) is 0 Å². The Hall–Kier alpha value is -1.10. The topological polar surface area (TPSA) is 75.6 Å². The summed E-state index contributed by atoms with van der Waals surface area (Å²) in [5, 5.41) is 11.4. The van der Waals surface area contributed by atoms with Gasteiger partial charge < -0.3 is 15.2 Å². The van der Waals surface area contributed by atoms with Gasteiger partial charge in [0.15, 0.2) is 0 Å². The lowest BCUT2D eigenvalue weighted by Crippen LogP contribution is -2.46. The van der Waals surface area contributed by atoms with Gasteiger partial charge in [0, 0.05) is 20.1 Å². The predicted octanol–water partition coefficient (Wildman–Crippen LogP) is 1.81. The van der Waals surface area contributed by atoms with Crippen LogP contribution in [0.3, 0.4) is 0 Å². The van der Waals surface area contributed by atoms with Crippen LogP contribution in [0.25, 0.3) is 0 Å². The average Bonchev–Trinajstić information content (AvgIpc) is 2.35. The van der Waals surface area contributed by atoms with Crippen molar-refractivity contribution < 1.29 is 19.4 Å². The molecule has 0 aliphatic heterocycles. The minimum Gasteiger partial charge on any atom is -0.481 e. The number of carbonyl (C=O) groups excluding carboxylic acids is 1. The Morgan fingerprint density at radius 2 is 2.00 bits per heavy atom. The Morgan fingerprint density at radius 1 is 1.39 bits per heavy atom. The molecule has 0 aromatic rings. The van der Waals surface area contributed by atoms with E-state index in [0.717, 1.165) is 6.42 Å². The number of amides is 1. The zero-order chi connectivity index (χ0) is 14.2. The fourth-order valence-corrected chi connectivity index (χ4v) is 1.53. The fraction of sp³-hybridized carbons (Fsp3) is 0.846. The molecule has 2 unspecified atom stereocenters. The summed E-state index contributed by atoms with van der Waals surface area (Å²) in [7, 11) is 1.53. The summed E-state index contributed by atoms with van der Waals surface area (Å²) in [6.45, 7) is 6.21. The van der Waals surface area contributed by atoms with Crippen molar-refractivity contribution in [1.29, 1.82) is 0 Å². The summed E-state index contributed by atoms with van der Waals surface area (Å²) in [4.78, 5) is 22.3. The average molecular weight is 259 g/mol. The van der Waals surface area contributed by atoms with Crippen molar-refractivity contribution in [1.82, 2.24) is 5.32 Å². The lowest BCUT2D eigenvalue weighted by atomic mass is 10.00. The smallest absolute Gasteiger partial charge is 0.303 e. The molecule has 0 radical (unpaired) electrons. The van der Waals surface area contributed by atoms with Crippen LogP contribution in [-0.4, -0.2) is 36.2 Å². The van der Waals surface area contributed by atoms with Crippen molar-refractivity contribution in [3.8, 4) is 0 Å². The second kappa shape index (κ2) is 8.08. The van der Waals surface area contributed by atoms with Gasteiger partial charge in [-0.3, -0.25) is 9.59 Å². The van der Waals surface area contributed by atoms with Crippen LogP contribution >= 0.6 is 0 Å². The molecule has 5 nitrogen and oxygen atoms in total. The summed E-state index contributed by atoms with van der Waals surface area (Å²) in [5.41, 5.74) is -0.774. The maximum absolute atomic E-state index is 11.8. The number of carbonyl (C=O) groups is 2. The lowest BCUT2D eigenvalue weighted by molar-refractivity contribution is -0.142. The molecule has 1 amide bonds. The quantitative estimate of drug-likeness (QED) is 0.662. The maximum Gasteiger partial charge on any atom is 0.303 e. The highest BCUT2D eigenvalue weighted by Gasteiger charge is 2.30. The van der Waals surface area contributed by atoms with Gasteiger partial charge in [0.2, 0.25) is 0 Å². The van der Waals surface area contributed by atoms with Crippen molar-refractivity contribution >= 4 is 11.9 Å². The van der Waals surface area contributed by atoms with Crippen molar-refractivity contribution in [2.75, 3.05) is 13.7 Å². The van der Waals surface area contributed by atoms with E-state index in [0.29, 0.717) is 19.4 Å². The second-order valence-corrected chi connectivity index (χ2v) is 4.87. The van der Waals surface area contributed by atoms with Gasteiger partial charge in [0.05, 0.1) is 0 Å². The molecule has 0 saturated carbocycles. The molecule has 18 heavy (non-hydrogen) atoms. The number of nitrogens with one attached hydrogen (secondary N) is 1.